The van der Waals surface area contributed by atoms with Crippen molar-refractivity contribution in [1.29, 1.82) is 0 Å². The van der Waals surface area contributed by atoms with Gasteiger partial charge in [-0.3, -0.25) is 9.59 Å². The molecule has 1 aliphatic heterocycles. The van der Waals surface area contributed by atoms with Crippen LogP contribution in [0.25, 0.3) is 44.1 Å². The number of benzene rings is 3. The summed E-state index contributed by atoms with van der Waals surface area (Å²) in [4.78, 5) is 27.2. The van der Waals surface area contributed by atoms with E-state index in [1.54, 1.807) is 0 Å². The van der Waals surface area contributed by atoms with Crippen molar-refractivity contribution in [2.75, 3.05) is 0 Å². The average molecular weight is 433 g/mol. The second-order valence-electron chi connectivity index (χ2n) is 8.99. The lowest BCUT2D eigenvalue weighted by Gasteiger charge is -2.15. The molecule has 0 radical (unpaired) electrons. The Morgan fingerprint density at radius 3 is 1.76 bits per heavy atom. The molecule has 2 aromatic heterocycles. The van der Waals surface area contributed by atoms with E-state index >= 15 is 0 Å². The molecule has 0 atom stereocenters. The third-order valence-corrected chi connectivity index (χ3v) is 6.97. The van der Waals surface area contributed by atoms with E-state index in [1.807, 2.05) is 57.7 Å². The predicted molar refractivity (Wildman–Crippen MR) is 135 cm³/mol. The summed E-state index contributed by atoms with van der Waals surface area (Å²) in [6, 6.07) is 24.1. The Morgan fingerprint density at radius 1 is 0.606 bits per heavy atom. The van der Waals surface area contributed by atoms with E-state index in [-0.39, 0.29) is 11.1 Å². The Labute approximate surface area is 191 Å². The molecule has 33 heavy (non-hydrogen) atoms. The number of aromatic nitrogens is 2. The predicted octanol–water partition coefficient (Wildman–Crippen LogP) is 5.67. The van der Waals surface area contributed by atoms with Crippen molar-refractivity contribution in [2.45, 2.75) is 33.4 Å². The second kappa shape index (κ2) is 7.31. The molecule has 0 bridgehead atoms. The summed E-state index contributed by atoms with van der Waals surface area (Å²) in [6.07, 6.45) is 0.729. The van der Waals surface area contributed by atoms with E-state index in [0.717, 1.165) is 39.4 Å². The maximum Gasteiger partial charge on any atom is 0.258 e. The molecule has 0 aliphatic carbocycles. The number of nitrogens with zero attached hydrogens (tertiary/aromatic N) is 2. The summed E-state index contributed by atoms with van der Waals surface area (Å²) in [6.45, 7) is 5.34. The van der Waals surface area contributed by atoms with Gasteiger partial charge in [-0.2, -0.15) is 0 Å². The highest BCUT2D eigenvalue weighted by atomic mass is 16.1. The van der Waals surface area contributed by atoms with Crippen molar-refractivity contribution < 1.29 is 0 Å². The Balaban J connectivity index is 1.70. The second-order valence-corrected chi connectivity index (χ2v) is 8.99. The third-order valence-electron chi connectivity index (χ3n) is 6.97. The smallest absolute Gasteiger partial charge is 0.258 e. The lowest BCUT2D eigenvalue weighted by atomic mass is 9.99. The zero-order valence-corrected chi connectivity index (χ0v) is 18.8. The van der Waals surface area contributed by atoms with Crippen LogP contribution in [-0.2, 0) is 13.1 Å². The molecule has 0 fully saturated rings. The van der Waals surface area contributed by atoms with Gasteiger partial charge >= 0.3 is 0 Å². The first-order chi connectivity index (χ1) is 16.0. The van der Waals surface area contributed by atoms with Crippen LogP contribution in [0.2, 0.25) is 0 Å². The molecule has 3 aromatic carbocycles. The normalized spacial score (nSPS) is 13.0. The minimum absolute atomic E-state index is 0.000310. The van der Waals surface area contributed by atoms with Gasteiger partial charge in [-0.15, -0.1) is 0 Å². The first-order valence-electron chi connectivity index (χ1n) is 11.4. The number of rotatable bonds is 2. The van der Waals surface area contributed by atoms with E-state index in [4.69, 9.17) is 0 Å². The van der Waals surface area contributed by atoms with Crippen LogP contribution in [0.15, 0.2) is 82.4 Å². The fourth-order valence-corrected chi connectivity index (χ4v) is 5.09. The van der Waals surface area contributed by atoms with Crippen LogP contribution in [0.1, 0.15) is 17.5 Å². The van der Waals surface area contributed by atoms with Crippen molar-refractivity contribution in [3.63, 3.8) is 0 Å². The molecule has 4 heteroatoms. The highest BCUT2D eigenvalue weighted by molar-refractivity contribution is 6.05. The number of aryl methyl sites for hydroxylation is 4. The maximum absolute atomic E-state index is 13.7. The summed E-state index contributed by atoms with van der Waals surface area (Å²) in [5.74, 6) is 0. The molecular weight excluding hydrogens is 408 g/mol. The first kappa shape index (κ1) is 19.7. The van der Waals surface area contributed by atoms with Gasteiger partial charge in [0.1, 0.15) is 0 Å². The molecule has 0 spiro atoms. The van der Waals surface area contributed by atoms with E-state index < -0.39 is 0 Å². The zero-order chi connectivity index (χ0) is 22.7. The number of hydrogen-bond acceptors (Lipinski definition) is 2. The SMILES string of the molecule is Cc1ccc(-c2cc3ccc4cc(-c5ccccc5)c(=O)n5c4c3n(c2=O)CCC5)cc1C. The highest BCUT2D eigenvalue weighted by Crippen LogP contribution is 2.31. The molecule has 5 aromatic rings. The van der Waals surface area contributed by atoms with Gasteiger partial charge in [-0.1, -0.05) is 60.7 Å². The Hall–Kier alpha value is -3.92. The van der Waals surface area contributed by atoms with Gasteiger partial charge in [0.05, 0.1) is 11.0 Å². The molecule has 0 unspecified atom stereocenters. The van der Waals surface area contributed by atoms with Crippen LogP contribution in [0.3, 0.4) is 0 Å². The molecule has 6 rings (SSSR count). The molecule has 0 N–H and O–H groups in total. The van der Waals surface area contributed by atoms with Gasteiger partial charge in [0.25, 0.3) is 11.1 Å². The lowest BCUT2D eigenvalue weighted by Crippen LogP contribution is -2.22. The molecule has 1 aliphatic rings. The van der Waals surface area contributed by atoms with E-state index in [0.29, 0.717) is 24.2 Å². The Bertz CT molecular complexity index is 1690. The molecular formula is C29H24N2O2. The Morgan fingerprint density at radius 2 is 1.18 bits per heavy atom. The first-order valence-corrected chi connectivity index (χ1v) is 11.4. The minimum Gasteiger partial charge on any atom is -0.306 e. The van der Waals surface area contributed by atoms with Crippen molar-refractivity contribution in [3.05, 3.63) is 105 Å². The van der Waals surface area contributed by atoms with Crippen molar-refractivity contribution in [3.8, 4) is 22.3 Å². The van der Waals surface area contributed by atoms with Crippen LogP contribution >= 0.6 is 0 Å². The van der Waals surface area contributed by atoms with Crippen molar-refractivity contribution >= 4 is 21.8 Å². The van der Waals surface area contributed by atoms with Gasteiger partial charge in [0.2, 0.25) is 0 Å². The molecule has 162 valence electrons. The average Bonchev–Trinajstić information content (AvgIpc) is 3.04. The Kier molecular flexibility index (Phi) is 4.37. The van der Waals surface area contributed by atoms with Crippen molar-refractivity contribution in [1.82, 2.24) is 9.13 Å². The van der Waals surface area contributed by atoms with E-state index in [2.05, 4.69) is 38.1 Å². The molecule has 4 nitrogen and oxygen atoms in total. The van der Waals surface area contributed by atoms with Gasteiger partial charge < -0.3 is 9.13 Å². The molecule has 0 saturated heterocycles. The monoisotopic (exact) mass is 432 g/mol. The molecule has 0 amide bonds. The highest BCUT2D eigenvalue weighted by Gasteiger charge is 2.20. The summed E-state index contributed by atoms with van der Waals surface area (Å²) in [7, 11) is 0. The quantitative estimate of drug-likeness (QED) is 0.337. The van der Waals surface area contributed by atoms with Gasteiger partial charge in [-0.25, -0.2) is 0 Å². The van der Waals surface area contributed by atoms with Crippen LogP contribution in [0.5, 0.6) is 0 Å². The topological polar surface area (TPSA) is 44.0 Å². The van der Waals surface area contributed by atoms with E-state index in [1.165, 1.54) is 11.1 Å². The molecule has 0 saturated carbocycles. The molecule has 3 heterocycles. The summed E-state index contributed by atoms with van der Waals surface area (Å²) in [5, 5.41) is 1.97. The van der Waals surface area contributed by atoms with Gasteiger partial charge in [-0.05, 0) is 54.7 Å². The third kappa shape index (κ3) is 2.98. The fraction of sp³-hybridized carbons (Fsp3) is 0.172. The number of pyridine rings is 2. The summed E-state index contributed by atoms with van der Waals surface area (Å²) in [5.41, 5.74) is 7.37. The fourth-order valence-electron chi connectivity index (χ4n) is 5.09. The lowest BCUT2D eigenvalue weighted by molar-refractivity contribution is 0.581. The van der Waals surface area contributed by atoms with Crippen LogP contribution in [-0.4, -0.2) is 9.13 Å². The maximum atomic E-state index is 13.7. The largest absolute Gasteiger partial charge is 0.306 e. The van der Waals surface area contributed by atoms with Gasteiger partial charge in [0, 0.05) is 35.0 Å². The summed E-state index contributed by atoms with van der Waals surface area (Å²) < 4.78 is 3.76. The number of hydrogen-bond donors (Lipinski definition) is 0. The zero-order valence-electron chi connectivity index (χ0n) is 18.8. The van der Waals surface area contributed by atoms with Gasteiger partial charge in [0.15, 0.2) is 0 Å². The van der Waals surface area contributed by atoms with Crippen LogP contribution < -0.4 is 11.1 Å². The van der Waals surface area contributed by atoms with Crippen LogP contribution in [0.4, 0.5) is 0 Å². The standard InChI is InChI=1S/C29H24N2O2/c1-18-9-10-21(15-19(18)2)25-17-23-12-11-22-16-24(20-7-4-3-5-8-20)28(32)30-13-6-14-31(29(25)33)27(23)26(22)30/h3-5,7-12,15-17H,6,13-14H2,1-2H3. The van der Waals surface area contributed by atoms with Crippen LogP contribution in [0, 0.1) is 13.8 Å². The minimum atomic E-state index is 0.000310. The van der Waals surface area contributed by atoms with E-state index in [9.17, 15) is 9.59 Å². The van der Waals surface area contributed by atoms with Crippen molar-refractivity contribution in [2.24, 2.45) is 0 Å². The summed E-state index contributed by atoms with van der Waals surface area (Å²) >= 11 is 0.